The van der Waals surface area contributed by atoms with Crippen LogP contribution in [0.1, 0.15) is 5.56 Å². The molecule has 0 amide bonds. The van der Waals surface area contributed by atoms with Gasteiger partial charge in [0, 0.05) is 11.8 Å². The third-order valence-corrected chi connectivity index (χ3v) is 2.30. The minimum Gasteiger partial charge on any atom is -0.497 e. The monoisotopic (exact) mass is 199 g/mol. The minimum atomic E-state index is 0.867. The Morgan fingerprint density at radius 1 is 1.00 bits per heavy atom. The summed E-state index contributed by atoms with van der Waals surface area (Å²) in [5.74, 6) is 0.867. The molecule has 0 saturated carbocycles. The summed E-state index contributed by atoms with van der Waals surface area (Å²) in [6.07, 6.45) is 1.87. The fourth-order valence-corrected chi connectivity index (χ4v) is 1.40. The van der Waals surface area contributed by atoms with Gasteiger partial charge in [0.15, 0.2) is 0 Å². The molecule has 1 aromatic heterocycles. The number of rotatable bonds is 2. The summed E-state index contributed by atoms with van der Waals surface area (Å²) in [5, 5.41) is 0. The van der Waals surface area contributed by atoms with E-state index in [-0.39, 0.29) is 0 Å². The molecule has 0 spiro atoms. The third-order valence-electron chi connectivity index (χ3n) is 2.30. The first kappa shape index (κ1) is 9.71. The maximum atomic E-state index is 5.10. The van der Waals surface area contributed by atoms with Crippen molar-refractivity contribution in [2.45, 2.75) is 6.92 Å². The topological polar surface area (TPSA) is 22.1 Å². The van der Waals surface area contributed by atoms with Crippen molar-refractivity contribution in [3.63, 3.8) is 0 Å². The molecule has 0 N–H and O–H groups in total. The molecule has 0 fully saturated rings. The van der Waals surface area contributed by atoms with Crippen LogP contribution in [-0.4, -0.2) is 12.1 Å². The second-order valence-corrected chi connectivity index (χ2v) is 3.45. The largest absolute Gasteiger partial charge is 0.497 e. The van der Waals surface area contributed by atoms with Gasteiger partial charge in [-0.05, 0) is 42.8 Å². The quantitative estimate of drug-likeness (QED) is 0.741. The molecule has 0 aliphatic heterocycles. The SMILES string of the molecule is COc1ccc(-c2ccc(C)cn2)cc1. The molecule has 2 nitrogen and oxygen atoms in total. The lowest BCUT2D eigenvalue weighted by Gasteiger charge is -2.03. The highest BCUT2D eigenvalue weighted by Crippen LogP contribution is 2.20. The van der Waals surface area contributed by atoms with Crippen molar-refractivity contribution >= 4 is 0 Å². The number of pyridine rings is 1. The van der Waals surface area contributed by atoms with E-state index in [9.17, 15) is 0 Å². The van der Waals surface area contributed by atoms with Gasteiger partial charge in [-0.3, -0.25) is 4.98 Å². The molecule has 1 heterocycles. The summed E-state index contributed by atoms with van der Waals surface area (Å²) in [6, 6.07) is 12.0. The van der Waals surface area contributed by atoms with Crippen molar-refractivity contribution in [2.75, 3.05) is 7.11 Å². The molecular weight excluding hydrogens is 186 g/mol. The maximum Gasteiger partial charge on any atom is 0.118 e. The molecule has 0 unspecified atom stereocenters. The van der Waals surface area contributed by atoms with Crippen LogP contribution in [0.4, 0.5) is 0 Å². The number of methoxy groups -OCH3 is 1. The fourth-order valence-electron chi connectivity index (χ4n) is 1.40. The molecule has 0 saturated heterocycles. The van der Waals surface area contributed by atoms with Crippen LogP contribution in [0.25, 0.3) is 11.3 Å². The van der Waals surface area contributed by atoms with Crippen molar-refractivity contribution in [2.24, 2.45) is 0 Å². The van der Waals surface area contributed by atoms with Gasteiger partial charge in [-0.1, -0.05) is 6.07 Å². The van der Waals surface area contributed by atoms with Gasteiger partial charge in [-0.15, -0.1) is 0 Å². The van der Waals surface area contributed by atoms with Crippen LogP contribution in [0.3, 0.4) is 0 Å². The number of hydrogen-bond donors (Lipinski definition) is 0. The van der Waals surface area contributed by atoms with Crippen LogP contribution in [0.2, 0.25) is 0 Å². The highest BCUT2D eigenvalue weighted by molar-refractivity contribution is 5.59. The van der Waals surface area contributed by atoms with E-state index in [1.165, 1.54) is 5.56 Å². The first-order valence-corrected chi connectivity index (χ1v) is 4.86. The molecule has 15 heavy (non-hydrogen) atoms. The number of nitrogens with zero attached hydrogens (tertiary/aromatic N) is 1. The van der Waals surface area contributed by atoms with Gasteiger partial charge in [0.1, 0.15) is 5.75 Å². The van der Waals surface area contributed by atoms with Crippen LogP contribution in [0, 0.1) is 6.92 Å². The van der Waals surface area contributed by atoms with Crippen LogP contribution in [-0.2, 0) is 0 Å². The molecule has 0 radical (unpaired) electrons. The smallest absolute Gasteiger partial charge is 0.118 e. The van der Waals surface area contributed by atoms with Crippen molar-refractivity contribution < 1.29 is 4.74 Å². The van der Waals surface area contributed by atoms with E-state index in [4.69, 9.17) is 4.74 Å². The van der Waals surface area contributed by atoms with Gasteiger partial charge in [-0.2, -0.15) is 0 Å². The van der Waals surface area contributed by atoms with Gasteiger partial charge >= 0.3 is 0 Å². The Balaban J connectivity index is 2.33. The fraction of sp³-hybridized carbons (Fsp3) is 0.154. The van der Waals surface area contributed by atoms with Crippen molar-refractivity contribution in [3.05, 3.63) is 48.2 Å². The van der Waals surface area contributed by atoms with E-state index in [1.807, 2.05) is 43.5 Å². The zero-order valence-corrected chi connectivity index (χ0v) is 8.90. The Labute approximate surface area is 89.6 Å². The Bertz CT molecular complexity index is 431. The Hall–Kier alpha value is -1.83. The second-order valence-electron chi connectivity index (χ2n) is 3.45. The lowest BCUT2D eigenvalue weighted by molar-refractivity contribution is 0.415. The maximum absolute atomic E-state index is 5.10. The zero-order valence-electron chi connectivity index (χ0n) is 8.90. The van der Waals surface area contributed by atoms with Gasteiger partial charge in [0.05, 0.1) is 12.8 Å². The summed E-state index contributed by atoms with van der Waals surface area (Å²) in [5.41, 5.74) is 3.27. The number of ether oxygens (including phenoxy) is 1. The lowest BCUT2D eigenvalue weighted by atomic mass is 10.1. The number of aromatic nitrogens is 1. The molecule has 2 heteroatoms. The predicted octanol–water partition coefficient (Wildman–Crippen LogP) is 3.07. The van der Waals surface area contributed by atoms with E-state index in [2.05, 4.69) is 11.1 Å². The molecule has 0 atom stereocenters. The van der Waals surface area contributed by atoms with Gasteiger partial charge in [0.25, 0.3) is 0 Å². The molecule has 0 bridgehead atoms. The average Bonchev–Trinajstić information content (AvgIpc) is 2.30. The summed E-state index contributed by atoms with van der Waals surface area (Å²) >= 11 is 0. The van der Waals surface area contributed by atoms with Gasteiger partial charge < -0.3 is 4.74 Å². The normalized spacial score (nSPS) is 10.0. The van der Waals surface area contributed by atoms with E-state index in [0.717, 1.165) is 17.0 Å². The highest BCUT2D eigenvalue weighted by Gasteiger charge is 1.98. The summed E-state index contributed by atoms with van der Waals surface area (Å²) in [4.78, 5) is 4.36. The molecule has 2 rings (SSSR count). The number of aryl methyl sites for hydroxylation is 1. The molecule has 76 valence electrons. The summed E-state index contributed by atoms with van der Waals surface area (Å²) < 4.78 is 5.10. The molecule has 2 aromatic rings. The molecule has 1 aromatic carbocycles. The molecular formula is C13H13NO. The van der Waals surface area contributed by atoms with E-state index < -0.39 is 0 Å². The van der Waals surface area contributed by atoms with Crippen LogP contribution < -0.4 is 4.74 Å². The van der Waals surface area contributed by atoms with E-state index in [0.29, 0.717) is 0 Å². The predicted molar refractivity (Wildman–Crippen MR) is 61.0 cm³/mol. The third kappa shape index (κ3) is 2.15. The Kier molecular flexibility index (Phi) is 2.68. The van der Waals surface area contributed by atoms with Crippen molar-refractivity contribution in [1.82, 2.24) is 4.98 Å². The zero-order chi connectivity index (χ0) is 10.7. The summed E-state index contributed by atoms with van der Waals surface area (Å²) in [7, 11) is 1.67. The van der Waals surface area contributed by atoms with Crippen LogP contribution >= 0.6 is 0 Å². The first-order chi connectivity index (χ1) is 7.29. The van der Waals surface area contributed by atoms with E-state index in [1.54, 1.807) is 7.11 Å². The van der Waals surface area contributed by atoms with E-state index >= 15 is 0 Å². The Morgan fingerprint density at radius 2 is 1.73 bits per heavy atom. The summed E-state index contributed by atoms with van der Waals surface area (Å²) in [6.45, 7) is 2.03. The second kappa shape index (κ2) is 4.13. The van der Waals surface area contributed by atoms with Crippen LogP contribution in [0.5, 0.6) is 5.75 Å². The standard InChI is InChI=1S/C13H13NO/c1-10-3-8-13(14-9-10)11-4-6-12(15-2)7-5-11/h3-9H,1-2H3. The van der Waals surface area contributed by atoms with Gasteiger partial charge in [0.2, 0.25) is 0 Å². The Morgan fingerprint density at radius 3 is 2.27 bits per heavy atom. The first-order valence-electron chi connectivity index (χ1n) is 4.86. The van der Waals surface area contributed by atoms with Crippen molar-refractivity contribution in [3.8, 4) is 17.0 Å². The van der Waals surface area contributed by atoms with Gasteiger partial charge in [-0.25, -0.2) is 0 Å². The average molecular weight is 199 g/mol. The number of benzene rings is 1. The van der Waals surface area contributed by atoms with Crippen LogP contribution in [0.15, 0.2) is 42.6 Å². The molecule has 0 aliphatic rings. The number of hydrogen-bond acceptors (Lipinski definition) is 2. The van der Waals surface area contributed by atoms with Crippen molar-refractivity contribution in [1.29, 1.82) is 0 Å². The molecule has 0 aliphatic carbocycles. The lowest BCUT2D eigenvalue weighted by Crippen LogP contribution is -1.85. The minimum absolute atomic E-state index is 0.867. The highest BCUT2D eigenvalue weighted by atomic mass is 16.5.